The lowest BCUT2D eigenvalue weighted by molar-refractivity contribution is -0.140. The summed E-state index contributed by atoms with van der Waals surface area (Å²) >= 11 is 12.4. The lowest BCUT2D eigenvalue weighted by atomic mass is 10.1. The number of hydrogen-bond acceptors (Lipinski definition) is 5. The number of sulfonamides is 1. The van der Waals surface area contributed by atoms with Crippen LogP contribution in [0.15, 0.2) is 36.4 Å². The van der Waals surface area contributed by atoms with Crippen LogP contribution in [0, 0.1) is 12.8 Å². The Kier molecular flexibility index (Phi) is 11.1. The fourth-order valence-electron chi connectivity index (χ4n) is 3.77. The molecule has 0 aliphatic heterocycles. The van der Waals surface area contributed by atoms with E-state index < -0.39 is 28.5 Å². The van der Waals surface area contributed by atoms with Gasteiger partial charge in [0.05, 0.1) is 19.1 Å². The molecule has 0 unspecified atom stereocenters. The first-order valence-corrected chi connectivity index (χ1v) is 14.5. The number of carbonyl (C=O) groups excluding carboxylic acids is 2. The third-order valence-electron chi connectivity index (χ3n) is 5.71. The van der Waals surface area contributed by atoms with Crippen molar-refractivity contribution in [1.29, 1.82) is 0 Å². The summed E-state index contributed by atoms with van der Waals surface area (Å²) in [6.45, 7) is 7.44. The topological polar surface area (TPSA) is 96.0 Å². The molecule has 0 aliphatic carbocycles. The first-order chi connectivity index (χ1) is 17.3. The van der Waals surface area contributed by atoms with Crippen molar-refractivity contribution in [2.45, 2.75) is 46.7 Å². The Morgan fingerprint density at radius 3 is 2.32 bits per heavy atom. The second kappa shape index (κ2) is 13.3. The average Bonchev–Trinajstić information content (AvgIpc) is 2.81. The minimum Gasteiger partial charge on any atom is -0.495 e. The summed E-state index contributed by atoms with van der Waals surface area (Å²) in [4.78, 5) is 28.3. The summed E-state index contributed by atoms with van der Waals surface area (Å²) in [5.41, 5.74) is 1.61. The fraction of sp³-hybridized carbons (Fsp3) is 0.462. The van der Waals surface area contributed by atoms with Crippen LogP contribution in [0.4, 0.5) is 5.69 Å². The maximum absolute atomic E-state index is 13.8. The molecular formula is C26H35Cl2N3O5S. The number of aryl methyl sites for hydroxylation is 1. The van der Waals surface area contributed by atoms with Crippen molar-refractivity contribution in [3.05, 3.63) is 57.6 Å². The minimum atomic E-state index is -3.89. The van der Waals surface area contributed by atoms with E-state index in [9.17, 15) is 18.0 Å². The second-order valence-corrected chi connectivity index (χ2v) is 12.0. The first-order valence-electron chi connectivity index (χ1n) is 11.9. The number of halogens is 2. The standard InChI is InChI=1S/C26H35Cl2N3O5S/c1-7-22(26(33)29-14-17(2)3)30(15-19-9-10-20(27)13-21(19)28)25(32)16-31(37(6,34)35)23-12-18(4)8-11-24(23)36-5/h8-13,17,22H,7,14-16H2,1-6H3,(H,29,33)/t22-/m1/s1. The quantitative estimate of drug-likeness (QED) is 0.399. The SMILES string of the molecule is CC[C@H](C(=O)NCC(C)C)N(Cc1ccc(Cl)cc1Cl)C(=O)CN(c1cc(C)ccc1OC)S(C)(=O)=O. The third kappa shape index (κ3) is 8.51. The van der Waals surface area contributed by atoms with Gasteiger partial charge in [-0.2, -0.15) is 0 Å². The number of carbonyl (C=O) groups is 2. The van der Waals surface area contributed by atoms with Crippen molar-refractivity contribution in [2.75, 3.05) is 30.8 Å². The molecule has 1 N–H and O–H groups in total. The fourth-order valence-corrected chi connectivity index (χ4v) is 5.08. The molecule has 1 atom stereocenters. The van der Waals surface area contributed by atoms with E-state index in [4.69, 9.17) is 27.9 Å². The van der Waals surface area contributed by atoms with Crippen LogP contribution in [0.2, 0.25) is 10.0 Å². The Hall–Kier alpha value is -2.49. The molecule has 0 spiro atoms. The summed E-state index contributed by atoms with van der Waals surface area (Å²) in [6.07, 6.45) is 1.34. The van der Waals surface area contributed by atoms with E-state index in [1.54, 1.807) is 43.3 Å². The highest BCUT2D eigenvalue weighted by atomic mass is 35.5. The van der Waals surface area contributed by atoms with Crippen LogP contribution in [-0.2, 0) is 26.2 Å². The van der Waals surface area contributed by atoms with E-state index in [0.29, 0.717) is 34.3 Å². The number of anilines is 1. The van der Waals surface area contributed by atoms with Crippen LogP contribution >= 0.6 is 23.2 Å². The van der Waals surface area contributed by atoms with Crippen molar-refractivity contribution in [2.24, 2.45) is 5.92 Å². The number of amides is 2. The highest BCUT2D eigenvalue weighted by Crippen LogP contribution is 2.31. The Morgan fingerprint density at radius 2 is 1.78 bits per heavy atom. The van der Waals surface area contributed by atoms with Crippen molar-refractivity contribution in [1.82, 2.24) is 10.2 Å². The third-order valence-corrected chi connectivity index (χ3v) is 7.42. The zero-order valence-electron chi connectivity index (χ0n) is 22.0. The van der Waals surface area contributed by atoms with E-state index in [0.717, 1.165) is 16.1 Å². The normalized spacial score (nSPS) is 12.2. The van der Waals surface area contributed by atoms with Crippen molar-refractivity contribution < 1.29 is 22.7 Å². The highest BCUT2D eigenvalue weighted by Gasteiger charge is 2.33. The molecule has 0 heterocycles. The number of hydrogen-bond donors (Lipinski definition) is 1. The number of nitrogens with zero attached hydrogens (tertiary/aromatic N) is 2. The van der Waals surface area contributed by atoms with Gasteiger partial charge in [-0.3, -0.25) is 13.9 Å². The van der Waals surface area contributed by atoms with E-state index in [1.807, 2.05) is 20.8 Å². The second-order valence-electron chi connectivity index (χ2n) is 9.27. The lowest BCUT2D eigenvalue weighted by Crippen LogP contribution is -2.52. The molecule has 8 nitrogen and oxygen atoms in total. The molecule has 11 heteroatoms. The molecule has 0 aromatic heterocycles. The summed E-state index contributed by atoms with van der Waals surface area (Å²) in [7, 11) is -2.47. The lowest BCUT2D eigenvalue weighted by Gasteiger charge is -2.33. The molecular weight excluding hydrogens is 537 g/mol. The molecule has 204 valence electrons. The number of rotatable bonds is 12. The molecule has 2 amide bonds. The van der Waals surface area contributed by atoms with Crippen LogP contribution in [0.3, 0.4) is 0 Å². The Morgan fingerprint density at radius 1 is 1.11 bits per heavy atom. The van der Waals surface area contributed by atoms with Gasteiger partial charge in [0.25, 0.3) is 0 Å². The zero-order valence-corrected chi connectivity index (χ0v) is 24.4. The van der Waals surface area contributed by atoms with Gasteiger partial charge in [-0.05, 0) is 54.7 Å². The van der Waals surface area contributed by atoms with Gasteiger partial charge in [-0.1, -0.05) is 56.1 Å². The van der Waals surface area contributed by atoms with Gasteiger partial charge >= 0.3 is 0 Å². The number of nitrogens with one attached hydrogen (secondary N) is 1. The molecule has 0 saturated carbocycles. The summed E-state index contributed by atoms with van der Waals surface area (Å²) in [6, 6.07) is 9.10. The minimum absolute atomic E-state index is 0.00893. The van der Waals surface area contributed by atoms with Crippen LogP contribution < -0.4 is 14.4 Å². The highest BCUT2D eigenvalue weighted by molar-refractivity contribution is 7.92. The largest absolute Gasteiger partial charge is 0.495 e. The Balaban J connectivity index is 2.53. The molecule has 37 heavy (non-hydrogen) atoms. The van der Waals surface area contributed by atoms with Gasteiger partial charge in [0, 0.05) is 23.1 Å². The van der Waals surface area contributed by atoms with Gasteiger partial charge < -0.3 is 15.0 Å². The van der Waals surface area contributed by atoms with E-state index in [2.05, 4.69) is 5.32 Å². The molecule has 0 bridgehead atoms. The number of benzene rings is 2. The summed E-state index contributed by atoms with van der Waals surface area (Å²) < 4.78 is 32.1. The molecule has 0 fully saturated rings. The van der Waals surface area contributed by atoms with Crippen LogP contribution in [0.1, 0.15) is 38.3 Å². The Labute approximate surface area is 229 Å². The monoisotopic (exact) mass is 571 g/mol. The summed E-state index contributed by atoms with van der Waals surface area (Å²) in [5.74, 6) is -0.371. The molecule has 2 aromatic carbocycles. The van der Waals surface area contributed by atoms with E-state index in [1.165, 1.54) is 12.0 Å². The molecule has 0 aliphatic rings. The maximum Gasteiger partial charge on any atom is 0.244 e. The maximum atomic E-state index is 13.8. The predicted octanol–water partition coefficient (Wildman–Crippen LogP) is 4.66. The van der Waals surface area contributed by atoms with Crippen molar-refractivity contribution in [3.8, 4) is 5.75 Å². The van der Waals surface area contributed by atoms with Gasteiger partial charge in [-0.25, -0.2) is 8.42 Å². The van der Waals surface area contributed by atoms with E-state index >= 15 is 0 Å². The average molecular weight is 573 g/mol. The van der Waals surface area contributed by atoms with Crippen molar-refractivity contribution in [3.63, 3.8) is 0 Å². The first kappa shape index (κ1) is 30.7. The van der Waals surface area contributed by atoms with Gasteiger partial charge in [-0.15, -0.1) is 0 Å². The predicted molar refractivity (Wildman–Crippen MR) is 149 cm³/mol. The molecule has 0 saturated heterocycles. The number of methoxy groups -OCH3 is 1. The molecule has 2 rings (SSSR count). The van der Waals surface area contributed by atoms with Gasteiger partial charge in [0.15, 0.2) is 0 Å². The van der Waals surface area contributed by atoms with Crippen molar-refractivity contribution >= 4 is 50.7 Å². The van der Waals surface area contributed by atoms with Crippen LogP contribution in [0.5, 0.6) is 5.75 Å². The summed E-state index contributed by atoms with van der Waals surface area (Å²) in [5, 5.41) is 3.65. The number of ether oxygens (including phenoxy) is 1. The van der Waals surface area contributed by atoms with Crippen LogP contribution in [0.25, 0.3) is 0 Å². The van der Waals surface area contributed by atoms with Crippen LogP contribution in [-0.4, -0.2) is 57.6 Å². The zero-order chi connectivity index (χ0) is 27.9. The Bertz CT molecular complexity index is 1220. The molecule has 0 radical (unpaired) electrons. The van der Waals surface area contributed by atoms with Gasteiger partial charge in [0.2, 0.25) is 21.8 Å². The smallest absolute Gasteiger partial charge is 0.244 e. The van der Waals surface area contributed by atoms with Gasteiger partial charge in [0.1, 0.15) is 18.3 Å². The molecule has 2 aromatic rings. The van der Waals surface area contributed by atoms with E-state index in [-0.39, 0.29) is 24.1 Å².